The average molecular weight is 441 g/mol. The highest BCUT2D eigenvalue weighted by Gasteiger charge is 2.20. The Labute approximate surface area is 186 Å². The van der Waals surface area contributed by atoms with Crippen LogP contribution in [0.5, 0.6) is 5.75 Å². The minimum absolute atomic E-state index is 0.121. The Morgan fingerprint density at radius 2 is 1.84 bits per heavy atom. The van der Waals surface area contributed by atoms with Crippen molar-refractivity contribution in [2.24, 2.45) is 7.05 Å². The number of ether oxygens (including phenoxy) is 1. The van der Waals surface area contributed by atoms with Crippen LogP contribution in [0.1, 0.15) is 40.6 Å². The summed E-state index contributed by atoms with van der Waals surface area (Å²) in [5.74, 6) is 1.16. The first-order chi connectivity index (χ1) is 15.0. The molecular weight excluding hydrogens is 416 g/mol. The fourth-order valence-corrected chi connectivity index (χ4v) is 3.26. The quantitative estimate of drug-likeness (QED) is 0.499. The van der Waals surface area contributed by atoms with Gasteiger partial charge in [-0.15, -0.1) is 0 Å². The number of benzene rings is 2. The molecule has 2 aromatic carbocycles. The zero-order chi connectivity index (χ0) is 22.2. The normalized spacial score (nSPS) is 11.6. The van der Waals surface area contributed by atoms with Gasteiger partial charge in [0.25, 0.3) is 5.91 Å². The van der Waals surface area contributed by atoms with Crippen molar-refractivity contribution in [3.05, 3.63) is 82.9 Å². The van der Waals surface area contributed by atoms with Gasteiger partial charge in [-0.05, 0) is 48.4 Å². The molecule has 0 bridgehead atoms. The molecule has 0 fully saturated rings. The van der Waals surface area contributed by atoms with E-state index in [1.165, 1.54) is 0 Å². The van der Waals surface area contributed by atoms with E-state index in [4.69, 9.17) is 16.3 Å². The molecule has 3 aromatic rings. The lowest BCUT2D eigenvalue weighted by molar-refractivity contribution is -0.121. The number of hydrogen-bond donors (Lipinski definition) is 2. The van der Waals surface area contributed by atoms with Crippen LogP contribution in [0.2, 0.25) is 5.02 Å². The van der Waals surface area contributed by atoms with E-state index in [1.807, 2.05) is 42.1 Å². The molecule has 7 nitrogen and oxygen atoms in total. The molecule has 2 amide bonds. The van der Waals surface area contributed by atoms with Crippen LogP contribution in [-0.2, 0) is 11.8 Å². The van der Waals surface area contributed by atoms with Crippen LogP contribution in [-0.4, -0.2) is 35.0 Å². The van der Waals surface area contributed by atoms with Crippen LogP contribution < -0.4 is 15.4 Å². The summed E-state index contributed by atoms with van der Waals surface area (Å²) in [4.78, 5) is 29.1. The maximum absolute atomic E-state index is 12.6. The van der Waals surface area contributed by atoms with Gasteiger partial charge in [0, 0.05) is 43.0 Å². The highest BCUT2D eigenvalue weighted by molar-refractivity contribution is 6.30. The van der Waals surface area contributed by atoms with E-state index in [9.17, 15) is 9.59 Å². The summed E-state index contributed by atoms with van der Waals surface area (Å²) in [6.07, 6.45) is 4.33. The summed E-state index contributed by atoms with van der Waals surface area (Å²) in [5.41, 5.74) is 1.43. The number of nitrogens with one attached hydrogen (secondary N) is 2. The van der Waals surface area contributed by atoms with Crippen molar-refractivity contribution >= 4 is 23.4 Å². The SMILES string of the molecule is COc1ccc(C(NC(=O)CCCNC(=O)c2ccc(Cl)cc2)c2nccn2C)cc1. The third-order valence-electron chi connectivity index (χ3n) is 4.84. The van der Waals surface area contributed by atoms with E-state index in [0.29, 0.717) is 23.6 Å². The van der Waals surface area contributed by atoms with E-state index < -0.39 is 0 Å². The Kier molecular flexibility index (Phi) is 7.67. The lowest BCUT2D eigenvalue weighted by Gasteiger charge is -2.19. The zero-order valence-corrected chi connectivity index (χ0v) is 18.2. The number of aromatic nitrogens is 2. The zero-order valence-electron chi connectivity index (χ0n) is 17.5. The number of halogens is 1. The number of carbonyl (C=O) groups is 2. The third-order valence-corrected chi connectivity index (χ3v) is 5.10. The Morgan fingerprint density at radius 1 is 1.13 bits per heavy atom. The molecule has 31 heavy (non-hydrogen) atoms. The van der Waals surface area contributed by atoms with Crippen molar-refractivity contribution in [2.45, 2.75) is 18.9 Å². The van der Waals surface area contributed by atoms with Gasteiger partial charge in [-0.2, -0.15) is 0 Å². The van der Waals surface area contributed by atoms with Gasteiger partial charge < -0.3 is 19.9 Å². The molecule has 2 N–H and O–H groups in total. The average Bonchev–Trinajstić information content (AvgIpc) is 3.21. The van der Waals surface area contributed by atoms with Crippen molar-refractivity contribution in [3.63, 3.8) is 0 Å². The van der Waals surface area contributed by atoms with Crippen LogP contribution in [0, 0.1) is 0 Å². The van der Waals surface area contributed by atoms with Gasteiger partial charge >= 0.3 is 0 Å². The summed E-state index contributed by atoms with van der Waals surface area (Å²) in [6.45, 7) is 0.393. The van der Waals surface area contributed by atoms with E-state index in [0.717, 1.165) is 17.1 Å². The highest BCUT2D eigenvalue weighted by atomic mass is 35.5. The molecule has 0 saturated carbocycles. The third kappa shape index (κ3) is 6.08. The number of rotatable bonds is 9. The molecule has 0 aliphatic carbocycles. The van der Waals surface area contributed by atoms with E-state index >= 15 is 0 Å². The minimum atomic E-state index is -0.387. The minimum Gasteiger partial charge on any atom is -0.497 e. The van der Waals surface area contributed by atoms with Gasteiger partial charge in [-0.25, -0.2) is 4.98 Å². The molecule has 162 valence electrons. The second-order valence-electron chi connectivity index (χ2n) is 7.04. The predicted octanol–water partition coefficient (Wildman–Crippen LogP) is 3.50. The van der Waals surface area contributed by atoms with Crippen molar-refractivity contribution < 1.29 is 14.3 Å². The number of amides is 2. The molecule has 0 spiro atoms. The largest absolute Gasteiger partial charge is 0.497 e. The Morgan fingerprint density at radius 3 is 2.45 bits per heavy atom. The first-order valence-electron chi connectivity index (χ1n) is 9.92. The second kappa shape index (κ2) is 10.6. The van der Waals surface area contributed by atoms with Gasteiger partial charge in [0.15, 0.2) is 0 Å². The van der Waals surface area contributed by atoms with E-state index in [2.05, 4.69) is 15.6 Å². The van der Waals surface area contributed by atoms with Gasteiger partial charge in [0.2, 0.25) is 5.91 Å². The summed E-state index contributed by atoms with van der Waals surface area (Å²) >= 11 is 5.84. The number of hydrogen-bond acceptors (Lipinski definition) is 4. The Balaban J connectivity index is 1.56. The van der Waals surface area contributed by atoms with E-state index in [1.54, 1.807) is 37.6 Å². The molecule has 3 rings (SSSR count). The van der Waals surface area contributed by atoms with Crippen LogP contribution in [0.15, 0.2) is 60.9 Å². The first kappa shape index (κ1) is 22.4. The standard InChI is InChI=1S/C23H25ClN4O3/c1-28-15-14-25-22(28)21(16-7-11-19(31-2)12-8-16)27-20(29)4-3-13-26-23(30)17-5-9-18(24)10-6-17/h5-12,14-15,21H,3-4,13H2,1-2H3,(H,26,30)(H,27,29). The summed E-state index contributed by atoms with van der Waals surface area (Å²) in [5, 5.41) is 6.44. The van der Waals surface area contributed by atoms with Gasteiger partial charge in [-0.3, -0.25) is 9.59 Å². The Hall–Kier alpha value is -3.32. The number of nitrogens with zero attached hydrogens (tertiary/aromatic N) is 2. The second-order valence-corrected chi connectivity index (χ2v) is 7.47. The fraction of sp³-hybridized carbons (Fsp3) is 0.261. The van der Waals surface area contributed by atoms with Crippen LogP contribution in [0.4, 0.5) is 0 Å². The number of imidazole rings is 1. The van der Waals surface area contributed by atoms with Gasteiger partial charge in [-0.1, -0.05) is 23.7 Å². The molecule has 8 heteroatoms. The maximum atomic E-state index is 12.6. The van der Waals surface area contributed by atoms with Crippen molar-refractivity contribution in [1.29, 1.82) is 0 Å². The van der Waals surface area contributed by atoms with Crippen molar-refractivity contribution in [2.75, 3.05) is 13.7 Å². The Bertz CT molecular complexity index is 1020. The molecule has 0 aliphatic rings. The number of aryl methyl sites for hydroxylation is 1. The molecule has 1 atom stereocenters. The summed E-state index contributed by atoms with van der Waals surface area (Å²) < 4.78 is 7.09. The monoisotopic (exact) mass is 440 g/mol. The molecular formula is C23H25ClN4O3. The summed E-state index contributed by atoms with van der Waals surface area (Å²) in [6, 6.07) is 13.8. The van der Waals surface area contributed by atoms with Crippen LogP contribution >= 0.6 is 11.6 Å². The number of methoxy groups -OCH3 is 1. The fourth-order valence-electron chi connectivity index (χ4n) is 3.14. The predicted molar refractivity (Wildman–Crippen MR) is 119 cm³/mol. The topological polar surface area (TPSA) is 85.2 Å². The van der Waals surface area contributed by atoms with Crippen molar-refractivity contribution in [1.82, 2.24) is 20.2 Å². The van der Waals surface area contributed by atoms with Crippen LogP contribution in [0.25, 0.3) is 0 Å². The lowest BCUT2D eigenvalue weighted by atomic mass is 10.1. The van der Waals surface area contributed by atoms with Gasteiger partial charge in [0.05, 0.1) is 7.11 Å². The van der Waals surface area contributed by atoms with Crippen LogP contribution in [0.3, 0.4) is 0 Å². The molecule has 0 aliphatic heterocycles. The summed E-state index contributed by atoms with van der Waals surface area (Å²) in [7, 11) is 3.50. The maximum Gasteiger partial charge on any atom is 0.251 e. The highest BCUT2D eigenvalue weighted by Crippen LogP contribution is 2.23. The van der Waals surface area contributed by atoms with Crippen molar-refractivity contribution in [3.8, 4) is 5.75 Å². The number of carbonyl (C=O) groups excluding carboxylic acids is 2. The van der Waals surface area contributed by atoms with E-state index in [-0.39, 0.29) is 24.3 Å². The first-order valence-corrected chi connectivity index (χ1v) is 10.3. The van der Waals surface area contributed by atoms with Gasteiger partial charge in [0.1, 0.15) is 17.6 Å². The molecule has 1 unspecified atom stereocenters. The molecule has 0 radical (unpaired) electrons. The smallest absolute Gasteiger partial charge is 0.251 e. The molecule has 1 heterocycles. The lowest BCUT2D eigenvalue weighted by Crippen LogP contribution is -2.32. The molecule has 0 saturated heterocycles. The molecule has 1 aromatic heterocycles.